The van der Waals surface area contributed by atoms with Crippen molar-refractivity contribution in [1.82, 2.24) is 0 Å². The van der Waals surface area contributed by atoms with Crippen LogP contribution >= 0.6 is 0 Å². The largest absolute Gasteiger partial charge is 1.00 e. The van der Waals surface area contributed by atoms with Crippen LogP contribution < -0.4 is 74.9 Å². The van der Waals surface area contributed by atoms with E-state index in [1.165, 1.54) is 30.3 Å². The molecule has 0 bridgehead atoms. The van der Waals surface area contributed by atoms with Crippen molar-refractivity contribution in [3.05, 3.63) is 101 Å². The number of anilines is 3. The van der Waals surface area contributed by atoms with Crippen LogP contribution in [0.1, 0.15) is 34.7 Å². The van der Waals surface area contributed by atoms with Crippen LogP contribution in [-0.4, -0.2) is 37.5 Å². The minimum absolute atomic E-state index is 0. The van der Waals surface area contributed by atoms with Gasteiger partial charge in [-0.15, -0.1) is 0 Å². The minimum Gasteiger partial charge on any atom is -1.00 e. The molecule has 0 aromatic heterocycles. The van der Waals surface area contributed by atoms with Gasteiger partial charge in [0, 0.05) is 16.8 Å². The molecule has 0 fully saturated rings. The van der Waals surface area contributed by atoms with Crippen LogP contribution in [0.5, 0.6) is 11.5 Å². The Hall–Kier alpha value is -2.56. The molecule has 0 atom stereocenters. The monoisotopic (exact) mass is 614 g/mol. The van der Waals surface area contributed by atoms with E-state index in [0.717, 1.165) is 12.1 Å². The molecule has 0 heterocycles. The second-order valence-electron chi connectivity index (χ2n) is 8.44. The topological polar surface area (TPSA) is 190 Å². The maximum atomic E-state index is 13.4. The number of ketones is 2. The molecule has 4 aromatic rings. The van der Waals surface area contributed by atoms with Gasteiger partial charge in [0.2, 0.25) is 0 Å². The van der Waals surface area contributed by atoms with Crippen molar-refractivity contribution in [3.63, 3.8) is 0 Å². The third-order valence-corrected chi connectivity index (χ3v) is 7.72. The van der Waals surface area contributed by atoms with Gasteiger partial charge in [-0.1, -0.05) is 42.5 Å². The molecule has 15 heteroatoms. The third kappa shape index (κ3) is 6.44. The predicted octanol–water partition coefficient (Wildman–Crippen LogP) is -1.69. The summed E-state index contributed by atoms with van der Waals surface area (Å²) in [6, 6.07) is 18.5. The Bertz CT molecular complexity index is 1930. The second kappa shape index (κ2) is 12.4. The molecule has 5 rings (SSSR count). The van der Waals surface area contributed by atoms with Gasteiger partial charge < -0.3 is 18.6 Å². The van der Waals surface area contributed by atoms with Crippen LogP contribution in [-0.2, 0) is 20.2 Å². The van der Waals surface area contributed by atoms with E-state index in [1.54, 1.807) is 36.4 Å². The summed E-state index contributed by atoms with van der Waals surface area (Å²) in [6.07, 6.45) is 0. The summed E-state index contributed by atoms with van der Waals surface area (Å²) in [6.45, 7) is 0. The van der Waals surface area contributed by atoms with Crippen LogP contribution in [0.25, 0.3) is 0 Å². The molecular formula is C26H20N2Na2O9S2. The van der Waals surface area contributed by atoms with Crippen molar-refractivity contribution in [2.75, 3.05) is 11.1 Å². The summed E-state index contributed by atoms with van der Waals surface area (Å²) in [4.78, 5) is 25.3. The number of carbonyl (C=O) groups excluding carboxylic acids is 2. The molecule has 202 valence electrons. The van der Waals surface area contributed by atoms with Gasteiger partial charge in [0.05, 0.1) is 22.5 Å². The first-order valence-corrected chi connectivity index (χ1v) is 14.0. The summed E-state index contributed by atoms with van der Waals surface area (Å²) < 4.78 is 73.7. The molecule has 0 aliphatic heterocycles. The zero-order valence-electron chi connectivity index (χ0n) is 23.7. The smallest absolute Gasteiger partial charge is 1.00 e. The maximum Gasteiger partial charge on any atom is 1.00 e. The molecule has 0 radical (unpaired) electrons. The van der Waals surface area contributed by atoms with Gasteiger partial charge in [-0.2, -0.15) is 16.8 Å². The van der Waals surface area contributed by atoms with Crippen molar-refractivity contribution in [3.8, 4) is 11.5 Å². The summed E-state index contributed by atoms with van der Waals surface area (Å²) in [5.74, 6) is -1.32. The van der Waals surface area contributed by atoms with E-state index in [-0.39, 0.29) is 102 Å². The second-order valence-corrected chi connectivity index (χ2v) is 11.2. The van der Waals surface area contributed by atoms with E-state index in [2.05, 4.69) is 5.32 Å². The van der Waals surface area contributed by atoms with Crippen LogP contribution in [0.15, 0.2) is 88.7 Å². The number of rotatable bonds is 6. The van der Waals surface area contributed by atoms with Gasteiger partial charge in [0.15, 0.2) is 11.6 Å². The standard InChI is InChI=1S/C26H18N2O9S2.2Na.2H/c27-24-21(39(34,35)36)13-18(22-23(24)26(30)17-9-5-4-8-16(17)25(22)29)28-14-10-11-19(20(12-14)38(31,32)33)37-15-6-2-1-3-7-15;;;;/h1-13,28H,27H2,(H,31,32,33)(H,34,35,36);;;;/q;2*+1;2*-1. The Kier molecular flexibility index (Phi) is 9.93. The van der Waals surface area contributed by atoms with Crippen LogP contribution in [0, 0.1) is 0 Å². The molecule has 1 aliphatic carbocycles. The molecule has 0 saturated carbocycles. The summed E-state index contributed by atoms with van der Waals surface area (Å²) in [5.41, 5.74) is 4.40. The van der Waals surface area contributed by atoms with Gasteiger partial charge >= 0.3 is 59.1 Å². The number of benzene rings is 4. The van der Waals surface area contributed by atoms with Gasteiger partial charge in [0.25, 0.3) is 20.2 Å². The van der Waals surface area contributed by atoms with Gasteiger partial charge in [0.1, 0.15) is 21.3 Å². The van der Waals surface area contributed by atoms with Gasteiger partial charge in [-0.3, -0.25) is 18.7 Å². The maximum absolute atomic E-state index is 13.4. The number of nitrogens with one attached hydrogen (secondary N) is 1. The van der Waals surface area contributed by atoms with Crippen molar-refractivity contribution in [2.45, 2.75) is 9.79 Å². The van der Waals surface area contributed by atoms with Crippen LogP contribution in [0.2, 0.25) is 0 Å². The van der Waals surface area contributed by atoms with Crippen molar-refractivity contribution >= 4 is 48.9 Å². The van der Waals surface area contributed by atoms with E-state index in [1.807, 2.05) is 0 Å². The Morgan fingerprint density at radius 1 is 0.707 bits per heavy atom. The molecule has 0 spiro atoms. The zero-order chi connectivity index (χ0) is 28.1. The number of nitrogens with two attached hydrogens (primary N) is 1. The molecule has 11 nitrogen and oxygen atoms in total. The van der Waals surface area contributed by atoms with Gasteiger partial charge in [-0.05, 0) is 36.4 Å². The first-order chi connectivity index (χ1) is 18.4. The number of nitrogen functional groups attached to an aromatic ring is 1. The zero-order valence-corrected chi connectivity index (χ0v) is 27.3. The molecule has 41 heavy (non-hydrogen) atoms. The fourth-order valence-electron chi connectivity index (χ4n) is 4.25. The van der Waals surface area contributed by atoms with E-state index in [4.69, 9.17) is 10.5 Å². The molecule has 0 unspecified atom stereocenters. The minimum atomic E-state index is -4.96. The average molecular weight is 615 g/mol. The molecule has 0 saturated heterocycles. The molecule has 0 amide bonds. The van der Waals surface area contributed by atoms with E-state index in [0.29, 0.717) is 0 Å². The van der Waals surface area contributed by atoms with Gasteiger partial charge in [-0.25, -0.2) is 0 Å². The first kappa shape index (κ1) is 32.9. The first-order valence-electron chi connectivity index (χ1n) is 11.1. The Morgan fingerprint density at radius 2 is 1.24 bits per heavy atom. The fourth-order valence-corrected chi connectivity index (χ4v) is 5.54. The number of hydrogen-bond donors (Lipinski definition) is 4. The summed E-state index contributed by atoms with van der Waals surface area (Å²) in [7, 11) is -9.78. The fraction of sp³-hybridized carbons (Fsp3) is 0. The molecular weight excluding hydrogens is 594 g/mol. The Balaban J connectivity index is 0.00000231. The number of hydrogen-bond acceptors (Lipinski definition) is 9. The van der Waals surface area contributed by atoms with E-state index in [9.17, 15) is 35.5 Å². The number of carbonyl (C=O) groups is 2. The quantitative estimate of drug-likeness (QED) is 0.0970. The number of fused-ring (bicyclic) bond motifs is 2. The molecule has 4 aromatic carbocycles. The predicted molar refractivity (Wildman–Crippen MR) is 142 cm³/mol. The Labute approximate surface area is 282 Å². The number of para-hydroxylation sites is 1. The molecule has 5 N–H and O–H groups in total. The number of ether oxygens (including phenoxy) is 1. The van der Waals surface area contributed by atoms with Crippen LogP contribution in [0.4, 0.5) is 17.1 Å². The SMILES string of the molecule is Nc1c(S(=O)(=O)O)cc(Nc2ccc(Oc3ccccc3)c(S(=O)(=O)O)c2)c2c1C(=O)c1ccccc1C2=O.[H-].[H-].[Na+].[Na+]. The Morgan fingerprint density at radius 3 is 1.80 bits per heavy atom. The van der Waals surface area contributed by atoms with E-state index >= 15 is 0 Å². The normalized spacial score (nSPS) is 12.3. The average Bonchev–Trinajstić information content (AvgIpc) is 2.88. The van der Waals surface area contributed by atoms with Crippen LogP contribution in [0.3, 0.4) is 0 Å². The summed E-state index contributed by atoms with van der Waals surface area (Å²) >= 11 is 0. The van der Waals surface area contributed by atoms with Crippen molar-refractivity contribution in [2.24, 2.45) is 0 Å². The van der Waals surface area contributed by atoms with Crippen molar-refractivity contribution in [1.29, 1.82) is 0 Å². The van der Waals surface area contributed by atoms with Crippen molar-refractivity contribution < 1.29 is 102 Å². The summed E-state index contributed by atoms with van der Waals surface area (Å²) in [5, 5.41) is 2.72. The molecule has 1 aliphatic rings. The third-order valence-electron chi connectivity index (χ3n) is 5.95. The van der Waals surface area contributed by atoms with E-state index < -0.39 is 52.8 Å².